The second kappa shape index (κ2) is 15.8. The molecule has 7 rings (SSSR count). The Labute approximate surface area is 331 Å². The topological polar surface area (TPSA) is 108 Å². The van der Waals surface area contributed by atoms with Crippen molar-refractivity contribution in [3.63, 3.8) is 0 Å². The molecular weight excluding hydrogens is 672 g/mol. The van der Waals surface area contributed by atoms with E-state index in [1.54, 1.807) is 18.4 Å². The molecule has 0 aliphatic carbocycles. The molecule has 0 atom stereocenters. The van der Waals surface area contributed by atoms with Crippen LogP contribution in [0.2, 0.25) is 0 Å². The van der Waals surface area contributed by atoms with E-state index in [0.29, 0.717) is 18.1 Å². The van der Waals surface area contributed by atoms with Crippen molar-refractivity contribution >= 4 is 35.5 Å². The van der Waals surface area contributed by atoms with Crippen molar-refractivity contribution in [3.05, 3.63) is 173 Å². The molecule has 53 heavy (non-hydrogen) atoms. The third kappa shape index (κ3) is 6.89. The molecule has 2 heterocycles. The Balaban J connectivity index is 0.00000481. The molecular formula is C43H40N6NaO3. The van der Waals surface area contributed by atoms with Gasteiger partial charge in [0.05, 0.1) is 7.11 Å². The predicted molar refractivity (Wildman–Crippen MR) is 207 cm³/mol. The van der Waals surface area contributed by atoms with Crippen molar-refractivity contribution in [1.82, 2.24) is 29.8 Å². The normalized spacial score (nSPS) is 11.6. The summed E-state index contributed by atoms with van der Waals surface area (Å²) in [5.41, 5.74) is 4.71. The van der Waals surface area contributed by atoms with Crippen LogP contribution in [0.4, 0.5) is 0 Å². The zero-order valence-electron chi connectivity index (χ0n) is 30.6. The van der Waals surface area contributed by atoms with Crippen LogP contribution in [0.15, 0.2) is 140 Å². The first-order chi connectivity index (χ1) is 25.3. The van der Waals surface area contributed by atoms with Crippen LogP contribution in [0.3, 0.4) is 0 Å². The van der Waals surface area contributed by atoms with E-state index in [1.807, 2.05) is 102 Å². The molecule has 0 bridgehead atoms. The van der Waals surface area contributed by atoms with Gasteiger partial charge in [-0.1, -0.05) is 134 Å². The number of benzene rings is 5. The number of hydrogen-bond acceptors (Lipinski definition) is 7. The van der Waals surface area contributed by atoms with Crippen LogP contribution < -0.4 is 0 Å². The van der Waals surface area contributed by atoms with Crippen LogP contribution in [0.25, 0.3) is 28.2 Å². The maximum atomic E-state index is 13.2. The number of carbonyl (C=O) groups excluding carboxylic acids is 1. The maximum Gasteiger partial charge on any atom is 0.357 e. The standard InChI is InChI=1S/C43H40N6O3.Na/c1-5-17-37-44-39(42(2,3)51)38(41(50)52-4)48(37)34-28-26-30(27-29-34)35-24-15-16-25-36(35)40-45-46-47-49(40)43(31-18-9-6-10-19-31,32-20-11-7-12-21-32)33-22-13-8-14-23-33;/h6-16,18-29,51H,5,17H2,1-4H3;. The first kappa shape index (κ1) is 37.6. The zero-order valence-corrected chi connectivity index (χ0v) is 32.6. The minimum atomic E-state index is -1.35. The summed E-state index contributed by atoms with van der Waals surface area (Å²) in [6, 6.07) is 47.0. The Kier molecular flexibility index (Phi) is 11.2. The molecule has 1 radical (unpaired) electrons. The smallest absolute Gasteiger partial charge is 0.357 e. The summed E-state index contributed by atoms with van der Waals surface area (Å²) in [4.78, 5) is 17.9. The van der Waals surface area contributed by atoms with E-state index in [9.17, 15) is 9.90 Å². The van der Waals surface area contributed by atoms with Gasteiger partial charge in [0, 0.05) is 47.2 Å². The molecule has 0 unspecified atom stereocenters. The van der Waals surface area contributed by atoms with Crippen molar-refractivity contribution in [2.75, 3.05) is 7.11 Å². The third-order valence-electron chi connectivity index (χ3n) is 9.35. The number of aliphatic hydroxyl groups is 1. The second-order valence-electron chi connectivity index (χ2n) is 13.2. The van der Waals surface area contributed by atoms with Crippen molar-refractivity contribution in [2.45, 2.75) is 44.8 Å². The molecule has 7 aromatic rings. The fraction of sp³-hybridized carbons (Fsp3) is 0.186. The fourth-order valence-electron chi connectivity index (χ4n) is 7.05. The van der Waals surface area contributed by atoms with Crippen molar-refractivity contribution in [2.24, 2.45) is 0 Å². The van der Waals surface area contributed by atoms with Gasteiger partial charge in [-0.2, -0.15) is 0 Å². The van der Waals surface area contributed by atoms with Crippen LogP contribution in [0, 0.1) is 0 Å². The molecule has 0 spiro atoms. The van der Waals surface area contributed by atoms with Gasteiger partial charge in [-0.05, 0) is 70.6 Å². The number of ether oxygens (including phenoxy) is 1. The summed E-state index contributed by atoms with van der Waals surface area (Å²) >= 11 is 0. The summed E-state index contributed by atoms with van der Waals surface area (Å²) in [6.45, 7) is 5.30. The molecule has 0 saturated carbocycles. The Morgan fingerprint density at radius 1 is 0.736 bits per heavy atom. The quantitative estimate of drug-likeness (QED) is 0.0836. The molecule has 10 heteroatoms. The summed E-state index contributed by atoms with van der Waals surface area (Å²) < 4.78 is 8.91. The maximum absolute atomic E-state index is 13.2. The van der Waals surface area contributed by atoms with E-state index >= 15 is 0 Å². The molecule has 0 amide bonds. The molecule has 0 aliphatic heterocycles. The number of rotatable bonds is 11. The number of carbonyl (C=O) groups is 1. The monoisotopic (exact) mass is 711 g/mol. The summed E-state index contributed by atoms with van der Waals surface area (Å²) in [5.74, 6) is 0.706. The molecule has 5 aromatic carbocycles. The first-order valence-electron chi connectivity index (χ1n) is 17.4. The number of imidazole rings is 1. The van der Waals surface area contributed by atoms with Gasteiger partial charge in [-0.15, -0.1) is 5.10 Å². The van der Waals surface area contributed by atoms with Crippen LogP contribution in [-0.2, 0) is 22.3 Å². The minimum Gasteiger partial charge on any atom is -0.464 e. The molecule has 1 N–H and O–H groups in total. The largest absolute Gasteiger partial charge is 0.464 e. The molecule has 0 fully saturated rings. The molecule has 9 nitrogen and oxygen atoms in total. The molecule has 2 aromatic heterocycles. The van der Waals surface area contributed by atoms with Crippen molar-refractivity contribution in [3.8, 4) is 28.2 Å². The summed E-state index contributed by atoms with van der Waals surface area (Å²) in [6.07, 6.45) is 1.42. The SMILES string of the molecule is CCCc1nc(C(C)(C)O)c(C(=O)OC)n1-c1ccc(-c2ccccc2-c2nnnn2C(c2ccccc2)(c2ccccc2)c2ccccc2)cc1.[Na]. The summed E-state index contributed by atoms with van der Waals surface area (Å²) in [5, 5.41) is 24.7. The third-order valence-corrected chi connectivity index (χ3v) is 9.35. The van der Waals surface area contributed by atoms with E-state index in [-0.39, 0.29) is 40.9 Å². The number of aryl methyl sites for hydroxylation is 1. The van der Waals surface area contributed by atoms with Gasteiger partial charge in [0.25, 0.3) is 0 Å². The Morgan fingerprint density at radius 2 is 1.25 bits per heavy atom. The number of nitrogens with zero attached hydrogens (tertiary/aromatic N) is 6. The van der Waals surface area contributed by atoms with Gasteiger partial charge >= 0.3 is 5.97 Å². The van der Waals surface area contributed by atoms with Gasteiger partial charge < -0.3 is 9.84 Å². The Morgan fingerprint density at radius 3 is 1.74 bits per heavy atom. The second-order valence-corrected chi connectivity index (χ2v) is 13.2. The summed E-state index contributed by atoms with van der Waals surface area (Å²) in [7, 11) is 1.34. The average molecular weight is 712 g/mol. The Hall–Kier alpha value is -5.19. The number of tetrazole rings is 1. The minimum absolute atomic E-state index is 0. The number of aromatic nitrogens is 6. The zero-order chi connectivity index (χ0) is 36.3. The Bertz CT molecular complexity index is 2200. The van der Waals surface area contributed by atoms with Crippen LogP contribution in [0.5, 0.6) is 0 Å². The van der Waals surface area contributed by atoms with Crippen LogP contribution >= 0.6 is 0 Å². The number of esters is 1. The average Bonchev–Trinajstić information content (AvgIpc) is 3.83. The van der Waals surface area contributed by atoms with Crippen molar-refractivity contribution in [1.29, 1.82) is 0 Å². The number of hydrogen-bond donors (Lipinski definition) is 1. The van der Waals surface area contributed by atoms with Crippen molar-refractivity contribution < 1.29 is 14.6 Å². The van der Waals surface area contributed by atoms with E-state index in [4.69, 9.17) is 20.0 Å². The van der Waals surface area contributed by atoms with Crippen LogP contribution in [-0.4, -0.2) is 77.5 Å². The van der Waals surface area contributed by atoms with Gasteiger partial charge in [-0.25, -0.2) is 14.5 Å². The van der Waals surface area contributed by atoms with E-state index in [2.05, 4.69) is 54.6 Å². The number of methoxy groups -OCH3 is 1. The van der Waals surface area contributed by atoms with Gasteiger partial charge in [0.15, 0.2) is 11.5 Å². The van der Waals surface area contributed by atoms with Crippen LogP contribution in [0.1, 0.15) is 65.9 Å². The van der Waals surface area contributed by atoms with Gasteiger partial charge in [0.2, 0.25) is 0 Å². The van der Waals surface area contributed by atoms with Gasteiger partial charge in [-0.3, -0.25) is 4.57 Å². The van der Waals surface area contributed by atoms with E-state index < -0.39 is 17.1 Å². The predicted octanol–water partition coefficient (Wildman–Crippen LogP) is 7.62. The fourth-order valence-corrected chi connectivity index (χ4v) is 7.05. The van der Waals surface area contributed by atoms with E-state index in [1.165, 1.54) is 7.11 Å². The van der Waals surface area contributed by atoms with E-state index in [0.717, 1.165) is 45.5 Å². The van der Waals surface area contributed by atoms with Gasteiger partial charge in [0.1, 0.15) is 22.7 Å². The molecule has 0 aliphatic rings. The first-order valence-corrected chi connectivity index (χ1v) is 17.4. The molecule has 261 valence electrons. The molecule has 0 saturated heterocycles.